The normalized spacial score (nSPS) is 11.3. The summed E-state index contributed by atoms with van der Waals surface area (Å²) >= 11 is 0. The van der Waals surface area contributed by atoms with Crippen LogP contribution in [0.25, 0.3) is 22.3 Å². The fourth-order valence-corrected chi connectivity index (χ4v) is 4.72. The molecule has 1 aromatic heterocycles. The van der Waals surface area contributed by atoms with Crippen molar-refractivity contribution in [3.8, 4) is 28.6 Å². The monoisotopic (exact) mass is 569 g/mol. The van der Waals surface area contributed by atoms with E-state index in [4.69, 9.17) is 24.3 Å². The Balaban J connectivity index is 1.93. The number of carboxylic acid groups (broad SMARTS) is 1. The highest BCUT2D eigenvalue weighted by Crippen LogP contribution is 2.35. The Morgan fingerprint density at radius 1 is 1.14 bits per heavy atom. The number of aromatic nitrogens is 2. The number of nitrogens with zero attached hydrogens (tertiary/aromatic N) is 3. The summed E-state index contributed by atoms with van der Waals surface area (Å²) < 4.78 is 18.3. The molecule has 0 saturated heterocycles. The van der Waals surface area contributed by atoms with Crippen LogP contribution in [-0.2, 0) is 11.2 Å². The molecule has 0 bridgehead atoms. The SMILES string of the molecule is C=CCc1cc(C=Nn2c(-c3cc(C(C)C)c(OC)cc3C)nc3ccccc3c2=O)cc(OCC)c1OCC(=O)O. The van der Waals surface area contributed by atoms with Gasteiger partial charge in [-0.2, -0.15) is 9.78 Å². The summed E-state index contributed by atoms with van der Waals surface area (Å²) in [5.74, 6) is 0.943. The highest BCUT2D eigenvalue weighted by Gasteiger charge is 2.19. The Hall–Kier alpha value is -4.92. The molecular formula is C33H35N3O6. The number of hydrogen-bond acceptors (Lipinski definition) is 7. The molecule has 3 aromatic carbocycles. The fraction of sp³-hybridized carbons (Fsp3) is 0.273. The molecular weight excluding hydrogens is 534 g/mol. The van der Waals surface area contributed by atoms with E-state index >= 15 is 0 Å². The topological polar surface area (TPSA) is 112 Å². The molecule has 4 aromatic rings. The molecule has 4 rings (SSSR count). The van der Waals surface area contributed by atoms with Gasteiger partial charge in [-0.15, -0.1) is 6.58 Å². The van der Waals surface area contributed by atoms with E-state index in [1.54, 1.807) is 43.7 Å². The predicted molar refractivity (Wildman–Crippen MR) is 164 cm³/mol. The van der Waals surface area contributed by atoms with E-state index in [0.717, 1.165) is 22.4 Å². The number of rotatable bonds is 12. The van der Waals surface area contributed by atoms with Gasteiger partial charge in [0.2, 0.25) is 0 Å². The smallest absolute Gasteiger partial charge is 0.341 e. The van der Waals surface area contributed by atoms with Crippen LogP contribution < -0.4 is 19.8 Å². The highest BCUT2D eigenvalue weighted by molar-refractivity contribution is 5.84. The van der Waals surface area contributed by atoms with Crippen LogP contribution in [0.1, 0.15) is 48.9 Å². The molecule has 0 fully saturated rings. The second-order valence-electron chi connectivity index (χ2n) is 9.99. The van der Waals surface area contributed by atoms with Crippen LogP contribution in [0.4, 0.5) is 0 Å². The first-order valence-corrected chi connectivity index (χ1v) is 13.7. The van der Waals surface area contributed by atoms with Gasteiger partial charge in [0.1, 0.15) is 5.75 Å². The number of carboxylic acids is 1. The number of carbonyl (C=O) groups is 1. The number of methoxy groups -OCH3 is 1. The number of aryl methyl sites for hydroxylation is 1. The zero-order valence-corrected chi connectivity index (χ0v) is 24.5. The van der Waals surface area contributed by atoms with Crippen molar-refractivity contribution in [2.45, 2.75) is 40.0 Å². The van der Waals surface area contributed by atoms with Crippen LogP contribution in [0.3, 0.4) is 0 Å². The van der Waals surface area contributed by atoms with E-state index in [2.05, 4.69) is 25.5 Å². The lowest BCUT2D eigenvalue weighted by Gasteiger charge is -2.17. The molecule has 218 valence electrons. The number of hydrogen-bond donors (Lipinski definition) is 1. The van der Waals surface area contributed by atoms with Gasteiger partial charge >= 0.3 is 5.97 Å². The lowest BCUT2D eigenvalue weighted by molar-refractivity contribution is -0.139. The third kappa shape index (κ3) is 6.35. The third-order valence-corrected chi connectivity index (χ3v) is 6.67. The molecule has 0 amide bonds. The molecule has 1 N–H and O–H groups in total. The molecule has 9 nitrogen and oxygen atoms in total. The van der Waals surface area contributed by atoms with Gasteiger partial charge < -0.3 is 19.3 Å². The summed E-state index contributed by atoms with van der Waals surface area (Å²) in [4.78, 5) is 29.9. The lowest BCUT2D eigenvalue weighted by Crippen LogP contribution is -2.21. The highest BCUT2D eigenvalue weighted by atomic mass is 16.5. The van der Waals surface area contributed by atoms with Crippen LogP contribution in [0.5, 0.6) is 17.2 Å². The standard InChI is InChI=1S/C33H35N3O6/c1-7-11-23-15-22(16-29(41-8-2)31(23)42-19-30(37)38)18-34-36-32(35-27-13-10-9-12-24(27)33(36)39)26-17-25(20(3)4)28(40-6)14-21(26)5/h7,9-10,12-18,20H,1,8,11,19H2,2-6H3,(H,37,38). The van der Waals surface area contributed by atoms with Gasteiger partial charge in [-0.3, -0.25) is 4.79 Å². The minimum atomic E-state index is -1.10. The number of allylic oxidation sites excluding steroid dienone is 1. The minimum Gasteiger partial charge on any atom is -0.496 e. The second-order valence-corrected chi connectivity index (χ2v) is 9.99. The van der Waals surface area contributed by atoms with Gasteiger partial charge in [-0.05, 0) is 79.3 Å². The molecule has 42 heavy (non-hydrogen) atoms. The zero-order valence-electron chi connectivity index (χ0n) is 24.5. The van der Waals surface area contributed by atoms with Crippen molar-refractivity contribution in [3.05, 3.63) is 93.8 Å². The van der Waals surface area contributed by atoms with Crippen molar-refractivity contribution in [2.75, 3.05) is 20.3 Å². The number of ether oxygens (including phenoxy) is 3. The molecule has 0 saturated carbocycles. The van der Waals surface area contributed by atoms with E-state index in [0.29, 0.717) is 52.4 Å². The molecule has 0 aliphatic rings. The second kappa shape index (κ2) is 13.2. The largest absolute Gasteiger partial charge is 0.496 e. The summed E-state index contributed by atoms with van der Waals surface area (Å²) in [6, 6.07) is 14.6. The molecule has 0 radical (unpaired) electrons. The van der Waals surface area contributed by atoms with Crippen LogP contribution >= 0.6 is 0 Å². The van der Waals surface area contributed by atoms with E-state index in [-0.39, 0.29) is 11.5 Å². The predicted octanol–water partition coefficient (Wildman–Crippen LogP) is 5.98. The Kier molecular flexibility index (Phi) is 9.42. The van der Waals surface area contributed by atoms with E-state index in [9.17, 15) is 9.59 Å². The van der Waals surface area contributed by atoms with Gasteiger partial charge in [-0.1, -0.05) is 32.1 Å². The average molecular weight is 570 g/mol. The first-order valence-electron chi connectivity index (χ1n) is 13.7. The number of fused-ring (bicyclic) bond motifs is 1. The van der Waals surface area contributed by atoms with Gasteiger partial charge in [0.15, 0.2) is 23.9 Å². The van der Waals surface area contributed by atoms with Crippen LogP contribution in [0, 0.1) is 6.92 Å². The van der Waals surface area contributed by atoms with Crippen molar-refractivity contribution in [1.82, 2.24) is 9.66 Å². The van der Waals surface area contributed by atoms with Crippen LogP contribution in [0.2, 0.25) is 0 Å². The molecule has 9 heteroatoms. The van der Waals surface area contributed by atoms with Gasteiger partial charge in [0.05, 0.1) is 30.8 Å². The Morgan fingerprint density at radius 3 is 2.57 bits per heavy atom. The molecule has 0 aliphatic heterocycles. The maximum absolute atomic E-state index is 13.8. The number of benzene rings is 3. The molecule has 1 heterocycles. The third-order valence-electron chi connectivity index (χ3n) is 6.67. The quantitative estimate of drug-likeness (QED) is 0.165. The maximum atomic E-state index is 13.8. The maximum Gasteiger partial charge on any atom is 0.341 e. The lowest BCUT2D eigenvalue weighted by atomic mass is 9.96. The van der Waals surface area contributed by atoms with Crippen molar-refractivity contribution in [3.63, 3.8) is 0 Å². The van der Waals surface area contributed by atoms with Crippen molar-refractivity contribution in [1.29, 1.82) is 0 Å². The van der Waals surface area contributed by atoms with Crippen molar-refractivity contribution < 1.29 is 24.1 Å². The van der Waals surface area contributed by atoms with Crippen molar-refractivity contribution in [2.24, 2.45) is 5.10 Å². The Labute approximate surface area is 244 Å². The first-order chi connectivity index (χ1) is 20.2. The number of para-hydroxylation sites is 1. The number of aliphatic carboxylic acids is 1. The summed E-state index contributed by atoms with van der Waals surface area (Å²) in [6.07, 6.45) is 3.65. The Morgan fingerprint density at radius 2 is 1.90 bits per heavy atom. The van der Waals surface area contributed by atoms with E-state index < -0.39 is 12.6 Å². The summed E-state index contributed by atoms with van der Waals surface area (Å²) in [5, 5.41) is 14.2. The van der Waals surface area contributed by atoms with Crippen LogP contribution in [-0.4, -0.2) is 47.3 Å². The molecule has 0 atom stereocenters. The molecule has 0 aliphatic carbocycles. The first kappa shape index (κ1) is 30.0. The van der Waals surface area contributed by atoms with Crippen molar-refractivity contribution >= 4 is 23.1 Å². The minimum absolute atomic E-state index is 0.172. The van der Waals surface area contributed by atoms with Gasteiger partial charge in [-0.25, -0.2) is 9.78 Å². The van der Waals surface area contributed by atoms with E-state index in [1.807, 2.05) is 38.1 Å². The molecule has 0 unspecified atom stereocenters. The summed E-state index contributed by atoms with van der Waals surface area (Å²) in [6.45, 7) is 11.6. The Bertz CT molecular complexity index is 1720. The fourth-order valence-electron chi connectivity index (χ4n) is 4.72. The van der Waals surface area contributed by atoms with E-state index in [1.165, 1.54) is 4.68 Å². The van der Waals surface area contributed by atoms with Gasteiger partial charge in [0.25, 0.3) is 5.56 Å². The summed E-state index contributed by atoms with van der Waals surface area (Å²) in [5.41, 5.74) is 4.19. The average Bonchev–Trinajstić information content (AvgIpc) is 2.96. The van der Waals surface area contributed by atoms with Crippen LogP contribution in [0.15, 0.2) is 71.1 Å². The summed E-state index contributed by atoms with van der Waals surface area (Å²) in [7, 11) is 1.64. The molecule has 0 spiro atoms. The zero-order chi connectivity index (χ0) is 30.4. The van der Waals surface area contributed by atoms with Gasteiger partial charge in [0, 0.05) is 11.1 Å².